The van der Waals surface area contributed by atoms with Crippen molar-refractivity contribution < 1.29 is 4.79 Å². The highest BCUT2D eigenvalue weighted by molar-refractivity contribution is 7.17. The predicted molar refractivity (Wildman–Crippen MR) is 118 cm³/mol. The molecular weight excluding hydrogens is 396 g/mol. The molecule has 0 unspecified atom stereocenters. The van der Waals surface area contributed by atoms with Crippen LogP contribution >= 0.6 is 11.3 Å². The molecule has 1 saturated carbocycles. The van der Waals surface area contributed by atoms with Crippen LogP contribution in [0.15, 0.2) is 47.9 Å². The highest BCUT2D eigenvalue weighted by atomic mass is 32.1. The Labute approximate surface area is 178 Å². The third kappa shape index (κ3) is 3.21. The largest absolute Gasteiger partial charge is 0.351 e. The second-order valence-corrected chi connectivity index (χ2v) is 9.30. The Morgan fingerprint density at radius 3 is 2.60 bits per heavy atom. The van der Waals surface area contributed by atoms with Gasteiger partial charge in [0.25, 0.3) is 5.91 Å². The van der Waals surface area contributed by atoms with Crippen molar-refractivity contribution in [1.82, 2.24) is 20.3 Å². The summed E-state index contributed by atoms with van der Waals surface area (Å²) in [5.41, 5.74) is 3.85. The number of hydrogen-bond acceptors (Lipinski definition) is 7. The van der Waals surface area contributed by atoms with E-state index in [1.807, 2.05) is 18.2 Å². The first-order valence-corrected chi connectivity index (χ1v) is 11.2. The fourth-order valence-electron chi connectivity index (χ4n) is 4.27. The first-order chi connectivity index (χ1) is 14.7. The number of carbonyl (C=O) groups is 1. The van der Waals surface area contributed by atoms with E-state index in [2.05, 4.69) is 36.1 Å². The molecule has 1 aromatic carbocycles. The second-order valence-electron chi connectivity index (χ2n) is 8.29. The van der Waals surface area contributed by atoms with Crippen molar-refractivity contribution >= 4 is 39.1 Å². The van der Waals surface area contributed by atoms with E-state index < -0.39 is 0 Å². The SMILES string of the molecule is O=C(NCC1CC1)c1cnc(N2CC3=C(C2)CN(c2ncnc4ccccc24)C3)s1. The molecule has 1 fully saturated rings. The summed E-state index contributed by atoms with van der Waals surface area (Å²) < 4.78 is 0. The van der Waals surface area contributed by atoms with Crippen LogP contribution in [0.4, 0.5) is 10.9 Å². The lowest BCUT2D eigenvalue weighted by Gasteiger charge is -2.24. The third-order valence-electron chi connectivity index (χ3n) is 6.08. The molecule has 152 valence electrons. The number of para-hydroxylation sites is 1. The van der Waals surface area contributed by atoms with Crippen molar-refractivity contribution in [3.05, 3.63) is 52.8 Å². The molecule has 7 nitrogen and oxygen atoms in total. The zero-order valence-electron chi connectivity index (χ0n) is 16.5. The van der Waals surface area contributed by atoms with Crippen LogP contribution in [0.3, 0.4) is 0 Å². The van der Waals surface area contributed by atoms with Crippen molar-refractivity contribution in [3.8, 4) is 0 Å². The molecule has 1 N–H and O–H groups in total. The number of aromatic nitrogens is 3. The summed E-state index contributed by atoms with van der Waals surface area (Å²) in [4.78, 5) is 31.1. The number of fused-ring (bicyclic) bond motifs is 1. The van der Waals surface area contributed by atoms with E-state index in [1.54, 1.807) is 12.5 Å². The van der Waals surface area contributed by atoms with Gasteiger partial charge in [0.15, 0.2) is 5.13 Å². The maximum absolute atomic E-state index is 12.3. The van der Waals surface area contributed by atoms with Gasteiger partial charge in [-0.05, 0) is 42.0 Å². The number of nitrogens with zero attached hydrogens (tertiary/aromatic N) is 5. The fourth-order valence-corrected chi connectivity index (χ4v) is 5.10. The average Bonchev–Trinajstić information content (AvgIpc) is 3.13. The Morgan fingerprint density at radius 2 is 1.80 bits per heavy atom. The standard InChI is InChI=1S/C22H22N6OS/c29-21(23-7-14-5-6-14)19-8-24-22(30-19)28-11-15-9-27(10-16(15)12-28)20-17-3-1-2-4-18(17)25-13-26-20/h1-4,8,13-14H,5-7,9-12H2,(H,23,29). The smallest absolute Gasteiger partial charge is 0.263 e. The zero-order valence-corrected chi connectivity index (χ0v) is 17.4. The van der Waals surface area contributed by atoms with Gasteiger partial charge in [-0.25, -0.2) is 15.0 Å². The van der Waals surface area contributed by atoms with Gasteiger partial charge < -0.3 is 15.1 Å². The van der Waals surface area contributed by atoms with E-state index in [4.69, 9.17) is 0 Å². The van der Waals surface area contributed by atoms with Gasteiger partial charge in [-0.2, -0.15) is 0 Å². The Balaban J connectivity index is 1.12. The molecule has 30 heavy (non-hydrogen) atoms. The summed E-state index contributed by atoms with van der Waals surface area (Å²) in [7, 11) is 0. The minimum atomic E-state index is 0.00663. The summed E-state index contributed by atoms with van der Waals surface area (Å²) in [6.45, 7) is 4.29. The normalized spacial score (nSPS) is 18.4. The van der Waals surface area contributed by atoms with Crippen molar-refractivity contribution in [1.29, 1.82) is 0 Å². The van der Waals surface area contributed by atoms with Crippen LogP contribution in [0.2, 0.25) is 0 Å². The van der Waals surface area contributed by atoms with Crippen LogP contribution in [0, 0.1) is 5.92 Å². The number of thiazole rings is 1. The number of anilines is 2. The van der Waals surface area contributed by atoms with Crippen molar-refractivity contribution in [2.24, 2.45) is 5.92 Å². The van der Waals surface area contributed by atoms with Gasteiger partial charge in [0, 0.05) is 38.1 Å². The first kappa shape index (κ1) is 17.8. The number of rotatable bonds is 5. The molecule has 1 amide bonds. The molecule has 4 heterocycles. The van der Waals surface area contributed by atoms with Crippen LogP contribution in [-0.2, 0) is 0 Å². The molecule has 0 radical (unpaired) electrons. The van der Waals surface area contributed by atoms with Crippen LogP contribution in [0.1, 0.15) is 22.5 Å². The molecule has 2 aromatic heterocycles. The van der Waals surface area contributed by atoms with E-state index >= 15 is 0 Å². The maximum Gasteiger partial charge on any atom is 0.263 e. The monoisotopic (exact) mass is 418 g/mol. The van der Waals surface area contributed by atoms with E-state index in [0.717, 1.165) is 54.6 Å². The second kappa shape index (κ2) is 7.05. The Hall–Kier alpha value is -3.00. The number of hydrogen-bond donors (Lipinski definition) is 1. The molecule has 3 aliphatic rings. The molecule has 1 aliphatic carbocycles. The van der Waals surface area contributed by atoms with Crippen molar-refractivity contribution in [3.63, 3.8) is 0 Å². The molecule has 0 spiro atoms. The molecule has 6 rings (SSSR count). The molecule has 0 atom stereocenters. The predicted octanol–water partition coefficient (Wildman–Crippen LogP) is 2.86. The third-order valence-corrected chi connectivity index (χ3v) is 7.14. The van der Waals surface area contributed by atoms with Gasteiger partial charge in [0.1, 0.15) is 17.0 Å². The summed E-state index contributed by atoms with van der Waals surface area (Å²) >= 11 is 1.49. The average molecular weight is 419 g/mol. The van der Waals surface area contributed by atoms with E-state index in [1.165, 1.54) is 35.3 Å². The van der Waals surface area contributed by atoms with Crippen molar-refractivity contribution in [2.75, 3.05) is 42.5 Å². The van der Waals surface area contributed by atoms with Crippen molar-refractivity contribution in [2.45, 2.75) is 12.8 Å². The lowest BCUT2D eigenvalue weighted by molar-refractivity contribution is 0.0955. The summed E-state index contributed by atoms with van der Waals surface area (Å²) in [5, 5.41) is 5.05. The van der Waals surface area contributed by atoms with Gasteiger partial charge in [0.2, 0.25) is 0 Å². The van der Waals surface area contributed by atoms with E-state index in [9.17, 15) is 4.79 Å². The minimum absolute atomic E-state index is 0.00663. The van der Waals surface area contributed by atoms with E-state index in [-0.39, 0.29) is 5.91 Å². The molecule has 8 heteroatoms. The lowest BCUT2D eigenvalue weighted by Crippen LogP contribution is -2.30. The fraction of sp³-hybridized carbons (Fsp3) is 0.364. The Bertz CT molecular complexity index is 1140. The quantitative estimate of drug-likeness (QED) is 0.643. The summed E-state index contributed by atoms with van der Waals surface area (Å²) in [5.74, 6) is 1.69. The highest BCUT2D eigenvalue weighted by Gasteiger charge is 2.32. The van der Waals surface area contributed by atoms with Crippen LogP contribution in [0.5, 0.6) is 0 Å². The van der Waals surface area contributed by atoms with Gasteiger partial charge in [0.05, 0.1) is 11.7 Å². The van der Waals surface area contributed by atoms with E-state index in [0.29, 0.717) is 10.8 Å². The van der Waals surface area contributed by atoms with Gasteiger partial charge in [-0.15, -0.1) is 0 Å². The highest BCUT2D eigenvalue weighted by Crippen LogP contribution is 2.35. The van der Waals surface area contributed by atoms with Gasteiger partial charge >= 0.3 is 0 Å². The molecule has 3 aromatic rings. The van der Waals surface area contributed by atoms with Crippen LogP contribution in [0.25, 0.3) is 10.9 Å². The van der Waals surface area contributed by atoms with Gasteiger partial charge in [-0.3, -0.25) is 4.79 Å². The van der Waals surface area contributed by atoms with Crippen LogP contribution in [-0.4, -0.2) is 53.6 Å². The number of nitrogens with one attached hydrogen (secondary N) is 1. The number of benzene rings is 1. The maximum atomic E-state index is 12.3. The number of carbonyl (C=O) groups excluding carboxylic acids is 1. The molecule has 0 bridgehead atoms. The summed E-state index contributed by atoms with van der Waals surface area (Å²) in [6, 6.07) is 8.16. The number of amides is 1. The Kier molecular flexibility index (Phi) is 4.19. The van der Waals surface area contributed by atoms with Gasteiger partial charge in [-0.1, -0.05) is 23.5 Å². The topological polar surface area (TPSA) is 74.2 Å². The zero-order chi connectivity index (χ0) is 20.1. The first-order valence-electron chi connectivity index (χ1n) is 10.4. The molecule has 0 saturated heterocycles. The minimum Gasteiger partial charge on any atom is -0.351 e. The van der Waals surface area contributed by atoms with Crippen LogP contribution < -0.4 is 15.1 Å². The molecule has 2 aliphatic heterocycles. The molecular formula is C22H22N6OS. The lowest BCUT2D eigenvalue weighted by atomic mass is 10.2. The summed E-state index contributed by atoms with van der Waals surface area (Å²) in [6.07, 6.45) is 5.84. The Morgan fingerprint density at radius 1 is 1.03 bits per heavy atom.